The molecule has 0 saturated heterocycles. The molecule has 84 valence electrons. The highest BCUT2D eigenvalue weighted by Gasteiger charge is 2.03. The first kappa shape index (κ1) is 11.0. The molecule has 0 radical (unpaired) electrons. The van der Waals surface area contributed by atoms with Crippen molar-refractivity contribution in [3.05, 3.63) is 40.2 Å². The Morgan fingerprint density at radius 1 is 1.44 bits per heavy atom. The molecule has 0 aromatic carbocycles. The number of rotatable bonds is 4. The first-order valence-corrected chi connectivity index (χ1v) is 5.94. The Morgan fingerprint density at radius 2 is 2.31 bits per heavy atom. The fraction of sp³-hybridized carbons (Fsp3) is 0.250. The third-order valence-corrected chi connectivity index (χ3v) is 3.17. The van der Waals surface area contributed by atoms with E-state index in [1.807, 2.05) is 29.8 Å². The third kappa shape index (κ3) is 2.52. The Bertz CT molecular complexity index is 468. The zero-order valence-corrected chi connectivity index (χ0v) is 10.2. The van der Waals surface area contributed by atoms with Crippen LogP contribution < -0.4 is 10.1 Å². The van der Waals surface area contributed by atoms with Crippen LogP contribution in [0, 0.1) is 6.92 Å². The van der Waals surface area contributed by atoms with Gasteiger partial charge < -0.3 is 10.1 Å². The van der Waals surface area contributed by atoms with Crippen molar-refractivity contribution in [1.82, 2.24) is 4.98 Å². The number of hydrogen-bond acceptors (Lipinski definition) is 4. The molecule has 4 heteroatoms. The lowest BCUT2D eigenvalue weighted by Crippen LogP contribution is -2.00. The molecule has 2 aromatic heterocycles. The lowest BCUT2D eigenvalue weighted by Gasteiger charge is -2.06. The number of hydrogen-bond donors (Lipinski definition) is 1. The number of pyridine rings is 1. The summed E-state index contributed by atoms with van der Waals surface area (Å²) in [4.78, 5) is 5.43. The van der Waals surface area contributed by atoms with Crippen molar-refractivity contribution in [3.63, 3.8) is 0 Å². The summed E-state index contributed by atoms with van der Waals surface area (Å²) in [6, 6.07) is 5.99. The predicted molar refractivity (Wildman–Crippen MR) is 67.2 cm³/mol. The Labute approximate surface area is 99.1 Å². The molecule has 2 rings (SSSR count). The fourth-order valence-electron chi connectivity index (χ4n) is 1.44. The van der Waals surface area contributed by atoms with Crippen molar-refractivity contribution in [2.45, 2.75) is 13.5 Å². The summed E-state index contributed by atoms with van der Waals surface area (Å²) in [6.45, 7) is 2.80. The minimum Gasteiger partial charge on any atom is -0.496 e. The Kier molecular flexibility index (Phi) is 3.41. The van der Waals surface area contributed by atoms with E-state index < -0.39 is 0 Å². The van der Waals surface area contributed by atoms with Crippen molar-refractivity contribution < 1.29 is 4.74 Å². The molecule has 0 aliphatic rings. The van der Waals surface area contributed by atoms with E-state index in [0.29, 0.717) is 0 Å². The quantitative estimate of drug-likeness (QED) is 0.882. The van der Waals surface area contributed by atoms with E-state index in [4.69, 9.17) is 4.74 Å². The Morgan fingerprint density at radius 3 is 3.06 bits per heavy atom. The Balaban J connectivity index is 2.02. The second kappa shape index (κ2) is 4.99. The lowest BCUT2D eigenvalue weighted by atomic mass is 10.3. The van der Waals surface area contributed by atoms with Crippen LogP contribution in [0.5, 0.6) is 5.75 Å². The molecule has 0 aliphatic heterocycles. The normalized spacial score (nSPS) is 10.1. The molecule has 3 nitrogen and oxygen atoms in total. The van der Waals surface area contributed by atoms with Crippen molar-refractivity contribution in [1.29, 1.82) is 0 Å². The van der Waals surface area contributed by atoms with Crippen LogP contribution in [0.4, 0.5) is 5.82 Å². The zero-order valence-electron chi connectivity index (χ0n) is 9.36. The van der Waals surface area contributed by atoms with Gasteiger partial charge in [0.15, 0.2) is 0 Å². The van der Waals surface area contributed by atoms with Crippen molar-refractivity contribution in [2.75, 3.05) is 12.4 Å². The van der Waals surface area contributed by atoms with E-state index >= 15 is 0 Å². The van der Waals surface area contributed by atoms with Crippen molar-refractivity contribution >= 4 is 17.2 Å². The van der Waals surface area contributed by atoms with Crippen molar-refractivity contribution in [3.8, 4) is 5.75 Å². The van der Waals surface area contributed by atoms with Gasteiger partial charge in [-0.3, -0.25) is 0 Å². The van der Waals surface area contributed by atoms with Gasteiger partial charge >= 0.3 is 0 Å². The number of aromatic nitrogens is 1. The summed E-state index contributed by atoms with van der Waals surface area (Å²) in [5.41, 5.74) is 1.20. The molecule has 16 heavy (non-hydrogen) atoms. The average Bonchev–Trinajstić information content (AvgIpc) is 2.74. The summed E-state index contributed by atoms with van der Waals surface area (Å²) >= 11 is 1.68. The van der Waals surface area contributed by atoms with Crippen LogP contribution >= 0.6 is 11.3 Å². The van der Waals surface area contributed by atoms with E-state index in [1.165, 1.54) is 10.4 Å². The van der Waals surface area contributed by atoms with E-state index in [9.17, 15) is 0 Å². The number of nitrogens with one attached hydrogen (secondary N) is 1. The second-order valence-corrected chi connectivity index (χ2v) is 4.48. The van der Waals surface area contributed by atoms with Crippen LogP contribution in [-0.4, -0.2) is 12.1 Å². The smallest absolute Gasteiger partial charge is 0.134 e. The van der Waals surface area contributed by atoms with Crippen LogP contribution in [0.3, 0.4) is 0 Å². The van der Waals surface area contributed by atoms with Gasteiger partial charge in [0.2, 0.25) is 0 Å². The van der Waals surface area contributed by atoms with Gasteiger partial charge in [0.1, 0.15) is 11.6 Å². The molecule has 0 bridgehead atoms. The average molecular weight is 234 g/mol. The molecule has 0 aliphatic carbocycles. The molecule has 0 saturated carbocycles. The summed E-state index contributed by atoms with van der Waals surface area (Å²) in [7, 11) is 1.69. The number of methoxy groups -OCH3 is 1. The molecular formula is C12H14N2OS. The largest absolute Gasteiger partial charge is 0.496 e. The summed E-state index contributed by atoms with van der Waals surface area (Å²) in [5.74, 6) is 1.83. The van der Waals surface area contributed by atoms with E-state index in [1.54, 1.807) is 18.4 Å². The summed E-state index contributed by atoms with van der Waals surface area (Å²) in [6.07, 6.45) is 1.81. The summed E-state index contributed by atoms with van der Waals surface area (Å²) in [5, 5.41) is 5.31. The van der Waals surface area contributed by atoms with Crippen molar-refractivity contribution in [2.24, 2.45) is 0 Å². The minimum atomic E-state index is 0.747. The maximum absolute atomic E-state index is 5.25. The highest BCUT2D eigenvalue weighted by atomic mass is 32.1. The van der Waals surface area contributed by atoms with Gasteiger partial charge in [-0.05, 0) is 36.1 Å². The fourth-order valence-corrected chi connectivity index (χ4v) is 2.22. The minimum absolute atomic E-state index is 0.747. The maximum Gasteiger partial charge on any atom is 0.134 e. The first-order chi connectivity index (χ1) is 7.79. The number of thiophene rings is 1. The first-order valence-electron chi connectivity index (χ1n) is 5.06. The molecule has 0 spiro atoms. The van der Waals surface area contributed by atoms with Gasteiger partial charge in [0, 0.05) is 6.20 Å². The van der Waals surface area contributed by atoms with Gasteiger partial charge in [-0.15, -0.1) is 11.3 Å². The van der Waals surface area contributed by atoms with Crippen LogP contribution in [0.25, 0.3) is 0 Å². The molecule has 1 N–H and O–H groups in total. The van der Waals surface area contributed by atoms with Gasteiger partial charge in [0.25, 0.3) is 0 Å². The number of ether oxygens (including phenoxy) is 1. The number of aryl methyl sites for hydroxylation is 1. The van der Waals surface area contributed by atoms with E-state index in [2.05, 4.69) is 17.2 Å². The maximum atomic E-state index is 5.25. The molecule has 2 heterocycles. The second-order valence-electron chi connectivity index (χ2n) is 3.48. The standard InChI is InChI=1S/C12H14N2OS/c1-9-3-5-13-12(7-9)14-8-11-10(15-2)4-6-16-11/h3-7H,8H2,1-2H3,(H,13,14). The highest BCUT2D eigenvalue weighted by molar-refractivity contribution is 7.10. The van der Waals surface area contributed by atoms with Gasteiger partial charge in [-0.25, -0.2) is 4.98 Å². The number of anilines is 1. The highest BCUT2D eigenvalue weighted by Crippen LogP contribution is 2.25. The molecule has 0 amide bonds. The van der Waals surface area contributed by atoms with Crippen LogP contribution in [0.2, 0.25) is 0 Å². The zero-order chi connectivity index (χ0) is 11.4. The third-order valence-electron chi connectivity index (χ3n) is 2.27. The van der Waals surface area contributed by atoms with Gasteiger partial charge in [-0.2, -0.15) is 0 Å². The summed E-state index contributed by atoms with van der Waals surface area (Å²) < 4.78 is 5.25. The van der Waals surface area contributed by atoms with Crippen LogP contribution in [0.15, 0.2) is 29.8 Å². The number of nitrogens with zero attached hydrogens (tertiary/aromatic N) is 1. The molecule has 0 fully saturated rings. The topological polar surface area (TPSA) is 34.1 Å². The Hall–Kier alpha value is -1.55. The molecular weight excluding hydrogens is 220 g/mol. The molecule has 2 aromatic rings. The van der Waals surface area contributed by atoms with Gasteiger partial charge in [0.05, 0.1) is 18.5 Å². The van der Waals surface area contributed by atoms with Gasteiger partial charge in [-0.1, -0.05) is 0 Å². The van der Waals surface area contributed by atoms with E-state index in [-0.39, 0.29) is 0 Å². The monoisotopic (exact) mass is 234 g/mol. The molecule has 0 atom stereocenters. The van der Waals surface area contributed by atoms with E-state index in [0.717, 1.165) is 18.1 Å². The van der Waals surface area contributed by atoms with Crippen LogP contribution in [0.1, 0.15) is 10.4 Å². The lowest BCUT2D eigenvalue weighted by molar-refractivity contribution is 0.413. The SMILES string of the molecule is COc1ccsc1CNc1cc(C)ccn1. The molecule has 0 unspecified atom stereocenters. The van der Waals surface area contributed by atoms with Crippen LogP contribution in [-0.2, 0) is 6.54 Å². The predicted octanol–water partition coefficient (Wildman–Crippen LogP) is 3.07.